The fourth-order valence-electron chi connectivity index (χ4n) is 3.07. The van der Waals surface area contributed by atoms with E-state index >= 15 is 0 Å². The Kier molecular flexibility index (Phi) is 4.39. The van der Waals surface area contributed by atoms with Crippen molar-refractivity contribution in [2.75, 3.05) is 0 Å². The van der Waals surface area contributed by atoms with E-state index in [0.717, 1.165) is 17.5 Å². The van der Waals surface area contributed by atoms with E-state index in [1.165, 1.54) is 9.13 Å². The van der Waals surface area contributed by atoms with Crippen LogP contribution >= 0.6 is 0 Å². The summed E-state index contributed by atoms with van der Waals surface area (Å²) in [7, 11) is 0. The second-order valence-corrected chi connectivity index (χ2v) is 5.80. The van der Waals surface area contributed by atoms with Gasteiger partial charge in [-0.2, -0.15) is 0 Å². The monoisotopic (exact) mass is 341 g/mol. The van der Waals surface area contributed by atoms with Gasteiger partial charge in [0.15, 0.2) is 5.39 Å². The summed E-state index contributed by atoms with van der Waals surface area (Å²) >= 11 is 0. The molecule has 3 rings (SSSR count). The molecule has 7 nitrogen and oxygen atoms in total. The maximum absolute atomic E-state index is 12.9. The molecule has 0 aliphatic heterocycles. The highest BCUT2D eigenvalue weighted by Crippen LogP contribution is 2.21. The number of hydrogen-bond donors (Lipinski definition) is 1. The molecule has 0 atom stereocenters. The fraction of sp³-hybridized carbons (Fsp3) is 0.333. The van der Waals surface area contributed by atoms with Crippen LogP contribution in [0.15, 0.2) is 38.6 Å². The first-order valence-electron chi connectivity index (χ1n) is 8.44. The topological polar surface area (TPSA) is 91.0 Å². The maximum Gasteiger partial charge on any atom is 0.439 e. The van der Waals surface area contributed by atoms with Crippen molar-refractivity contribution in [3.8, 4) is 11.3 Å². The average molecular weight is 341 g/mol. The minimum atomic E-state index is -0.461. The lowest BCUT2D eigenvalue weighted by Gasteiger charge is -2.09. The molecule has 0 saturated carbocycles. The quantitative estimate of drug-likeness (QED) is 0.765. The van der Waals surface area contributed by atoms with E-state index in [4.69, 9.17) is 0 Å². The zero-order chi connectivity index (χ0) is 18.1. The van der Waals surface area contributed by atoms with E-state index in [-0.39, 0.29) is 12.2 Å². The Bertz CT molecular complexity index is 1100. The van der Waals surface area contributed by atoms with Crippen molar-refractivity contribution in [2.45, 2.75) is 40.3 Å². The van der Waals surface area contributed by atoms with Crippen LogP contribution in [0.5, 0.6) is 0 Å². The van der Waals surface area contributed by atoms with Gasteiger partial charge in [-0.25, -0.2) is 28.7 Å². The lowest BCUT2D eigenvalue weighted by atomic mass is 10.1. The molecular weight excluding hydrogens is 320 g/mol. The average Bonchev–Trinajstić information content (AvgIpc) is 2.61. The van der Waals surface area contributed by atoms with Crippen LogP contribution in [0.1, 0.15) is 26.3 Å². The van der Waals surface area contributed by atoms with Crippen LogP contribution < -0.4 is 21.9 Å². The Labute approximate surface area is 143 Å². The van der Waals surface area contributed by atoms with Crippen LogP contribution in [0.4, 0.5) is 0 Å². The van der Waals surface area contributed by atoms with Gasteiger partial charge in [0, 0.05) is 12.1 Å². The lowest BCUT2D eigenvalue weighted by molar-refractivity contribution is -0.374. The largest absolute Gasteiger partial charge is 0.439 e. The van der Waals surface area contributed by atoms with Crippen LogP contribution in [-0.4, -0.2) is 14.1 Å². The van der Waals surface area contributed by atoms with Crippen molar-refractivity contribution in [1.29, 1.82) is 0 Å². The summed E-state index contributed by atoms with van der Waals surface area (Å²) in [4.78, 5) is 42.8. The van der Waals surface area contributed by atoms with Crippen molar-refractivity contribution in [3.63, 3.8) is 0 Å². The second-order valence-electron chi connectivity index (χ2n) is 5.80. The normalized spacial score (nSPS) is 11.2. The number of hydrogen-bond acceptors (Lipinski definition) is 3. The van der Waals surface area contributed by atoms with Gasteiger partial charge in [-0.05, 0) is 25.8 Å². The molecule has 1 aromatic carbocycles. The second kappa shape index (κ2) is 6.51. The zero-order valence-corrected chi connectivity index (χ0v) is 14.5. The van der Waals surface area contributed by atoms with Crippen LogP contribution in [0.3, 0.4) is 0 Å². The van der Waals surface area contributed by atoms with Crippen molar-refractivity contribution < 1.29 is 4.98 Å². The third kappa shape index (κ3) is 2.71. The molecule has 0 aliphatic rings. The molecule has 0 saturated heterocycles. The molecule has 0 aliphatic carbocycles. The number of aromatic nitrogens is 4. The van der Waals surface area contributed by atoms with Crippen LogP contribution in [0, 0.1) is 0 Å². The molecule has 0 radical (unpaired) electrons. The highest BCUT2D eigenvalue weighted by atomic mass is 16.2. The smallest absolute Gasteiger partial charge is 0.268 e. The third-order valence-electron chi connectivity index (χ3n) is 4.43. The Morgan fingerprint density at radius 2 is 1.60 bits per heavy atom. The number of aryl methyl sites for hydroxylation is 2. The van der Waals surface area contributed by atoms with Crippen LogP contribution in [0.25, 0.3) is 22.3 Å². The van der Waals surface area contributed by atoms with Gasteiger partial charge in [0.2, 0.25) is 5.65 Å². The third-order valence-corrected chi connectivity index (χ3v) is 4.43. The number of rotatable bonds is 4. The molecule has 25 heavy (non-hydrogen) atoms. The Balaban J connectivity index is 2.49. The molecule has 2 aromatic heterocycles. The minimum absolute atomic E-state index is 0.250. The van der Waals surface area contributed by atoms with Gasteiger partial charge in [-0.15, -0.1) is 0 Å². The summed E-state index contributed by atoms with van der Waals surface area (Å²) in [6.45, 7) is 6.23. The summed E-state index contributed by atoms with van der Waals surface area (Å²) in [6, 6.07) is 7.68. The molecule has 0 bridgehead atoms. The van der Waals surface area contributed by atoms with Gasteiger partial charge in [-0.1, -0.05) is 31.2 Å². The summed E-state index contributed by atoms with van der Waals surface area (Å²) in [5, 5.41) is 0.312. The molecule has 0 amide bonds. The Hall–Kier alpha value is -2.96. The Morgan fingerprint density at radius 3 is 2.16 bits per heavy atom. The summed E-state index contributed by atoms with van der Waals surface area (Å²) in [6.07, 6.45) is 0.901. The van der Waals surface area contributed by atoms with Crippen molar-refractivity contribution >= 4 is 11.0 Å². The van der Waals surface area contributed by atoms with Gasteiger partial charge in [0.05, 0.1) is 6.54 Å². The highest BCUT2D eigenvalue weighted by molar-refractivity contribution is 5.87. The van der Waals surface area contributed by atoms with Crippen molar-refractivity contribution in [1.82, 2.24) is 14.1 Å². The van der Waals surface area contributed by atoms with Gasteiger partial charge in [-0.3, -0.25) is 4.79 Å². The molecule has 2 N–H and O–H groups in total. The van der Waals surface area contributed by atoms with Gasteiger partial charge in [0.25, 0.3) is 5.56 Å². The van der Waals surface area contributed by atoms with E-state index in [0.29, 0.717) is 17.6 Å². The summed E-state index contributed by atoms with van der Waals surface area (Å²) in [5.74, 6) is 0. The lowest BCUT2D eigenvalue weighted by Crippen LogP contribution is -2.45. The molecule has 2 heterocycles. The molecule has 0 spiro atoms. The molecule has 7 heteroatoms. The van der Waals surface area contributed by atoms with Gasteiger partial charge >= 0.3 is 11.4 Å². The highest BCUT2D eigenvalue weighted by Gasteiger charge is 2.22. The standard InChI is InChI=1S/C18H20N4O3/c1-4-11-7-9-12(10-8-11)14-13-15(20-17(24)19-14)21(5-2)18(25)22(6-3)16(13)23/h7-10H,4-6H2,1-3H3,(H,19,20,24)/p+1. The number of nitrogens with one attached hydrogen (secondary N) is 2. The van der Waals surface area contributed by atoms with E-state index in [9.17, 15) is 14.4 Å². The number of fused-ring (bicyclic) bond motifs is 1. The molecule has 130 valence electrons. The Morgan fingerprint density at radius 1 is 0.960 bits per heavy atom. The molecule has 0 fully saturated rings. The van der Waals surface area contributed by atoms with E-state index in [1.807, 2.05) is 24.3 Å². The fourth-order valence-corrected chi connectivity index (χ4v) is 3.07. The number of nitrogens with zero attached hydrogens (tertiary/aromatic N) is 2. The van der Waals surface area contributed by atoms with E-state index in [1.54, 1.807) is 13.8 Å². The SMILES string of the molecule is CCc1ccc(-c2[nH]c(=O)[nH+]c3c2c(=O)n(CC)c(=O)n3CC)cc1. The number of H-pyrrole nitrogens is 2. The zero-order valence-electron chi connectivity index (χ0n) is 14.5. The minimum Gasteiger partial charge on any atom is -0.268 e. The van der Waals surface area contributed by atoms with Gasteiger partial charge in [0.1, 0.15) is 5.69 Å². The first-order chi connectivity index (χ1) is 12.0. The van der Waals surface area contributed by atoms with Crippen LogP contribution in [-0.2, 0) is 19.5 Å². The maximum atomic E-state index is 12.9. The van der Waals surface area contributed by atoms with Crippen molar-refractivity contribution in [2.24, 2.45) is 0 Å². The molecule has 3 aromatic rings. The first-order valence-corrected chi connectivity index (χ1v) is 8.44. The van der Waals surface area contributed by atoms with Gasteiger partial charge < -0.3 is 0 Å². The van der Waals surface area contributed by atoms with Crippen LogP contribution in [0.2, 0.25) is 0 Å². The van der Waals surface area contributed by atoms with E-state index in [2.05, 4.69) is 16.9 Å². The van der Waals surface area contributed by atoms with E-state index < -0.39 is 16.9 Å². The predicted octanol–water partition coefficient (Wildman–Crippen LogP) is 0.935. The predicted molar refractivity (Wildman–Crippen MR) is 95.8 cm³/mol. The number of aromatic amines is 2. The summed E-state index contributed by atoms with van der Waals surface area (Å²) in [5.41, 5.74) is 1.28. The first kappa shape index (κ1) is 16.9. The summed E-state index contributed by atoms with van der Waals surface area (Å²) < 4.78 is 2.60. The molecule has 0 unspecified atom stereocenters. The number of benzene rings is 1. The molecular formula is C18H21N4O3+. The van der Waals surface area contributed by atoms with Crippen molar-refractivity contribution in [3.05, 3.63) is 61.2 Å².